The minimum absolute atomic E-state index is 0.280. The molecule has 0 unspecified atom stereocenters. The molecule has 2 aromatic rings. The van der Waals surface area contributed by atoms with Crippen LogP contribution in [0.5, 0.6) is 0 Å². The summed E-state index contributed by atoms with van der Waals surface area (Å²) >= 11 is 3.37. The third-order valence-electron chi connectivity index (χ3n) is 5.22. The second-order valence-corrected chi connectivity index (χ2v) is 8.63. The number of nitrogens with zero attached hydrogens (tertiary/aromatic N) is 1. The van der Waals surface area contributed by atoms with Gasteiger partial charge in [0.15, 0.2) is 0 Å². The number of carbonyl (C=O) groups excluding carboxylic acids is 2. The van der Waals surface area contributed by atoms with E-state index in [1.165, 1.54) is 12.3 Å². The van der Waals surface area contributed by atoms with Gasteiger partial charge in [-0.15, -0.1) is 0 Å². The summed E-state index contributed by atoms with van der Waals surface area (Å²) in [4.78, 5) is 26.4. The molecule has 4 rings (SSSR count). The predicted octanol–water partition coefficient (Wildman–Crippen LogP) is 3.50. The maximum atomic E-state index is 14.8. The van der Waals surface area contributed by atoms with Gasteiger partial charge in [-0.25, -0.2) is 4.39 Å². The summed E-state index contributed by atoms with van der Waals surface area (Å²) < 4.78 is 15.6. The van der Waals surface area contributed by atoms with Gasteiger partial charge in [0.05, 0.1) is 11.3 Å². The smallest absolute Gasteiger partial charge is 0.260 e. The van der Waals surface area contributed by atoms with Crippen molar-refractivity contribution in [3.8, 4) is 0 Å². The van der Waals surface area contributed by atoms with Crippen molar-refractivity contribution in [2.24, 2.45) is 0 Å². The van der Waals surface area contributed by atoms with Crippen molar-refractivity contribution in [2.45, 2.75) is 25.9 Å². The van der Waals surface area contributed by atoms with E-state index in [0.717, 1.165) is 17.6 Å². The molecule has 3 N–H and O–H groups in total. The van der Waals surface area contributed by atoms with E-state index in [2.05, 4.69) is 45.7 Å². The Morgan fingerprint density at radius 2 is 1.80 bits per heavy atom. The molecular formula is C22H22BrFN4O2. The van der Waals surface area contributed by atoms with Crippen molar-refractivity contribution >= 4 is 44.7 Å². The summed E-state index contributed by atoms with van der Waals surface area (Å²) in [6.45, 7) is 5.63. The first-order chi connectivity index (χ1) is 14.3. The SMILES string of the molecule is C[C@@H]1CN(c2ccc(N/C=C3\C(=O)NC(=O)c4ccc(Br)cc43)cc2F)C[C@H](C)N1. The van der Waals surface area contributed by atoms with Gasteiger partial charge in [0.2, 0.25) is 0 Å². The van der Waals surface area contributed by atoms with Crippen LogP contribution in [-0.2, 0) is 4.79 Å². The van der Waals surface area contributed by atoms with E-state index in [1.807, 2.05) is 4.90 Å². The van der Waals surface area contributed by atoms with Crippen LogP contribution in [0.2, 0.25) is 0 Å². The fourth-order valence-corrected chi connectivity index (χ4v) is 4.33. The van der Waals surface area contributed by atoms with Crippen LogP contribution in [-0.4, -0.2) is 37.0 Å². The average Bonchev–Trinajstić information content (AvgIpc) is 2.66. The molecule has 2 aliphatic heterocycles. The van der Waals surface area contributed by atoms with Crippen molar-refractivity contribution in [2.75, 3.05) is 23.3 Å². The number of benzene rings is 2. The molecule has 30 heavy (non-hydrogen) atoms. The molecule has 2 atom stereocenters. The van der Waals surface area contributed by atoms with E-state index in [0.29, 0.717) is 28.1 Å². The Morgan fingerprint density at radius 3 is 2.50 bits per heavy atom. The lowest BCUT2D eigenvalue weighted by molar-refractivity contribution is -0.114. The zero-order valence-corrected chi connectivity index (χ0v) is 18.2. The summed E-state index contributed by atoms with van der Waals surface area (Å²) in [5.74, 6) is -1.26. The molecule has 6 nitrogen and oxygen atoms in total. The molecule has 0 aliphatic carbocycles. The molecule has 156 valence electrons. The number of halogens is 2. The Hall–Kier alpha value is -2.71. The van der Waals surface area contributed by atoms with E-state index in [4.69, 9.17) is 0 Å². The number of carbonyl (C=O) groups is 2. The second-order valence-electron chi connectivity index (χ2n) is 7.72. The number of rotatable bonds is 3. The third-order valence-corrected chi connectivity index (χ3v) is 5.71. The molecular weight excluding hydrogens is 451 g/mol. The van der Waals surface area contributed by atoms with Crippen molar-refractivity contribution in [3.05, 3.63) is 64.0 Å². The average molecular weight is 473 g/mol. The number of anilines is 2. The lowest BCUT2D eigenvalue weighted by Gasteiger charge is -2.37. The van der Waals surface area contributed by atoms with Crippen LogP contribution in [0.25, 0.3) is 5.57 Å². The van der Waals surface area contributed by atoms with E-state index in [9.17, 15) is 14.0 Å². The number of hydrogen-bond acceptors (Lipinski definition) is 5. The molecule has 0 aromatic heterocycles. The van der Waals surface area contributed by atoms with Crippen LogP contribution in [0, 0.1) is 5.82 Å². The van der Waals surface area contributed by atoms with Crippen molar-refractivity contribution in [1.82, 2.24) is 10.6 Å². The Bertz CT molecular complexity index is 1050. The number of piperazine rings is 1. The fraction of sp³-hybridized carbons (Fsp3) is 0.273. The van der Waals surface area contributed by atoms with Crippen LogP contribution in [0.15, 0.2) is 47.1 Å². The first-order valence-electron chi connectivity index (χ1n) is 9.74. The lowest BCUT2D eigenvalue weighted by atomic mass is 9.95. The highest BCUT2D eigenvalue weighted by Gasteiger charge is 2.27. The summed E-state index contributed by atoms with van der Waals surface area (Å²) in [6, 6.07) is 10.6. The quantitative estimate of drug-likeness (QED) is 0.470. The van der Waals surface area contributed by atoms with Gasteiger partial charge < -0.3 is 15.5 Å². The van der Waals surface area contributed by atoms with Crippen molar-refractivity contribution < 1.29 is 14.0 Å². The summed E-state index contributed by atoms with van der Waals surface area (Å²) in [7, 11) is 0. The maximum absolute atomic E-state index is 14.8. The minimum Gasteiger partial charge on any atom is -0.366 e. The molecule has 8 heteroatoms. The molecule has 0 bridgehead atoms. The molecule has 0 radical (unpaired) electrons. The van der Waals surface area contributed by atoms with E-state index < -0.39 is 11.8 Å². The predicted molar refractivity (Wildman–Crippen MR) is 119 cm³/mol. The van der Waals surface area contributed by atoms with Gasteiger partial charge in [-0.2, -0.15) is 0 Å². The molecule has 2 aliphatic rings. The molecule has 1 fully saturated rings. The normalized spacial score (nSPS) is 22.7. The molecule has 0 spiro atoms. The summed E-state index contributed by atoms with van der Waals surface area (Å²) in [5, 5.41) is 8.75. The molecule has 2 amide bonds. The highest BCUT2D eigenvalue weighted by atomic mass is 79.9. The first-order valence-corrected chi connectivity index (χ1v) is 10.5. The zero-order valence-electron chi connectivity index (χ0n) is 16.6. The summed E-state index contributed by atoms with van der Waals surface area (Å²) in [6.07, 6.45) is 1.50. The Kier molecular flexibility index (Phi) is 5.62. The standard InChI is InChI=1S/C22H22BrFN4O2/c1-12-10-28(11-13(2)26-12)20-6-4-15(8-19(20)24)25-9-18-17-7-14(23)3-5-16(17)21(29)27-22(18)30/h3-9,12-13,25-26H,10-11H2,1-2H3,(H,27,29,30)/b18-9-/t12-,13+. The Labute approximate surface area is 182 Å². The van der Waals surface area contributed by atoms with Gasteiger partial charge in [-0.05, 0) is 50.2 Å². The van der Waals surface area contributed by atoms with Crippen LogP contribution >= 0.6 is 15.9 Å². The lowest BCUT2D eigenvalue weighted by Crippen LogP contribution is -2.54. The van der Waals surface area contributed by atoms with Gasteiger partial charge in [-0.1, -0.05) is 15.9 Å². The fourth-order valence-electron chi connectivity index (χ4n) is 3.97. The van der Waals surface area contributed by atoms with E-state index >= 15 is 0 Å². The topological polar surface area (TPSA) is 73.5 Å². The summed E-state index contributed by atoms with van der Waals surface area (Å²) in [5.41, 5.74) is 2.31. The monoisotopic (exact) mass is 472 g/mol. The highest BCUT2D eigenvalue weighted by Crippen LogP contribution is 2.29. The Morgan fingerprint density at radius 1 is 1.07 bits per heavy atom. The van der Waals surface area contributed by atoms with Gasteiger partial charge in [-0.3, -0.25) is 14.9 Å². The number of hydrogen-bond donors (Lipinski definition) is 3. The van der Waals surface area contributed by atoms with Gasteiger partial charge in [0.25, 0.3) is 11.8 Å². The van der Waals surface area contributed by atoms with Crippen molar-refractivity contribution in [3.63, 3.8) is 0 Å². The molecule has 2 heterocycles. The van der Waals surface area contributed by atoms with Gasteiger partial charge in [0, 0.05) is 52.7 Å². The second kappa shape index (κ2) is 8.20. The van der Waals surface area contributed by atoms with Crippen LogP contribution in [0.4, 0.5) is 15.8 Å². The van der Waals surface area contributed by atoms with E-state index in [1.54, 1.807) is 30.3 Å². The number of imide groups is 1. The molecule has 2 aromatic carbocycles. The number of amides is 2. The number of nitrogens with one attached hydrogen (secondary N) is 3. The van der Waals surface area contributed by atoms with Crippen LogP contribution < -0.4 is 20.9 Å². The third kappa shape index (κ3) is 4.11. The molecule has 1 saturated heterocycles. The van der Waals surface area contributed by atoms with Gasteiger partial charge >= 0.3 is 0 Å². The molecule has 0 saturated carbocycles. The first kappa shape index (κ1) is 20.6. The van der Waals surface area contributed by atoms with Gasteiger partial charge in [0.1, 0.15) is 5.82 Å². The largest absolute Gasteiger partial charge is 0.366 e. The maximum Gasteiger partial charge on any atom is 0.260 e. The van der Waals surface area contributed by atoms with Crippen LogP contribution in [0.3, 0.4) is 0 Å². The van der Waals surface area contributed by atoms with Crippen molar-refractivity contribution in [1.29, 1.82) is 0 Å². The minimum atomic E-state index is -0.501. The van der Waals surface area contributed by atoms with Crippen LogP contribution in [0.1, 0.15) is 29.8 Å². The highest BCUT2D eigenvalue weighted by molar-refractivity contribution is 9.10. The number of fused-ring (bicyclic) bond motifs is 1. The zero-order chi connectivity index (χ0) is 21.4. The van der Waals surface area contributed by atoms with E-state index in [-0.39, 0.29) is 17.9 Å². The Balaban J connectivity index is 1.58.